The maximum absolute atomic E-state index is 14.2. The molecule has 0 bridgehead atoms. The van der Waals surface area contributed by atoms with Gasteiger partial charge in [0.1, 0.15) is 5.82 Å². The van der Waals surface area contributed by atoms with E-state index < -0.39 is 10.8 Å². The minimum absolute atomic E-state index is 0.109. The fourth-order valence-corrected chi connectivity index (χ4v) is 4.76. The maximum atomic E-state index is 14.2. The summed E-state index contributed by atoms with van der Waals surface area (Å²) >= 11 is 0. The van der Waals surface area contributed by atoms with Gasteiger partial charge in [0.15, 0.2) is 0 Å². The number of amides is 1. The molecule has 3 aromatic carbocycles. The Morgan fingerprint density at radius 2 is 1.69 bits per heavy atom. The molecule has 1 aliphatic rings. The van der Waals surface area contributed by atoms with Crippen LogP contribution in [-0.2, 0) is 22.1 Å². The lowest BCUT2D eigenvalue weighted by atomic mass is 10.0. The van der Waals surface area contributed by atoms with Gasteiger partial charge in [-0.05, 0) is 88.4 Å². The van der Waals surface area contributed by atoms with E-state index >= 15 is 0 Å². The average molecular weight is 489 g/mol. The number of allylic oxidation sites excluding steroid dienone is 2. The van der Waals surface area contributed by atoms with Gasteiger partial charge in [-0.1, -0.05) is 30.3 Å². The normalized spacial score (nSPS) is 14.7. The van der Waals surface area contributed by atoms with Crippen LogP contribution in [0.4, 0.5) is 10.1 Å². The van der Waals surface area contributed by atoms with Crippen LogP contribution in [-0.4, -0.2) is 30.5 Å². The monoisotopic (exact) mass is 488 g/mol. The predicted molar refractivity (Wildman–Crippen MR) is 143 cm³/mol. The topological polar surface area (TPSA) is 49.4 Å². The number of hydrogen-bond donors (Lipinski definition) is 1. The minimum atomic E-state index is -1.04. The molecule has 0 aliphatic heterocycles. The zero-order chi connectivity index (χ0) is 25.1. The molecule has 1 N–H and O–H groups in total. The first kappa shape index (κ1) is 24.6. The van der Waals surface area contributed by atoms with Gasteiger partial charge in [-0.25, -0.2) is 4.39 Å². The van der Waals surface area contributed by atoms with Crippen molar-refractivity contribution < 1.29 is 13.4 Å². The molecular formula is C29H29FN2O2S. The zero-order valence-corrected chi connectivity index (χ0v) is 21.2. The van der Waals surface area contributed by atoms with E-state index in [1.54, 1.807) is 12.3 Å². The Morgan fingerprint density at radius 3 is 2.31 bits per heavy atom. The third-order valence-corrected chi connectivity index (χ3v) is 7.19. The zero-order valence-electron chi connectivity index (χ0n) is 20.4. The average Bonchev–Trinajstić information content (AvgIpc) is 3.08. The molecule has 6 heteroatoms. The first-order chi connectivity index (χ1) is 16.7. The highest BCUT2D eigenvalue weighted by Crippen LogP contribution is 2.43. The second-order valence-corrected chi connectivity index (χ2v) is 10.3. The van der Waals surface area contributed by atoms with E-state index in [9.17, 15) is 13.4 Å². The van der Waals surface area contributed by atoms with E-state index in [1.807, 2.05) is 80.5 Å². The fourth-order valence-electron chi connectivity index (χ4n) is 4.24. The van der Waals surface area contributed by atoms with Crippen molar-refractivity contribution in [2.45, 2.75) is 24.8 Å². The summed E-state index contributed by atoms with van der Waals surface area (Å²) in [5.74, 6) is -0.436. The standard InChI is InChI=1S/C29H29FN2O2S/c1-19-26(15-20-7-12-24(13-8-20)35(4)34)25-14-9-22(30)16-28(25)27(19)17-29(33)31-18-21-5-10-23(11-6-21)32(2)3/h5-16H,17-18H2,1-4H3,(H,31,33)/b26-15-. The molecule has 35 heavy (non-hydrogen) atoms. The van der Waals surface area contributed by atoms with E-state index in [0.717, 1.165) is 49.6 Å². The molecule has 0 heterocycles. The molecule has 0 saturated heterocycles. The third-order valence-electron chi connectivity index (χ3n) is 6.26. The number of hydrogen-bond acceptors (Lipinski definition) is 3. The number of rotatable bonds is 7. The van der Waals surface area contributed by atoms with Crippen molar-refractivity contribution in [1.82, 2.24) is 5.32 Å². The first-order valence-corrected chi connectivity index (χ1v) is 13.0. The number of carbonyl (C=O) groups excluding carboxylic acids is 1. The van der Waals surface area contributed by atoms with E-state index in [0.29, 0.717) is 6.54 Å². The number of halogens is 1. The van der Waals surface area contributed by atoms with E-state index in [1.165, 1.54) is 12.1 Å². The van der Waals surface area contributed by atoms with Crippen LogP contribution in [0.1, 0.15) is 35.6 Å². The van der Waals surface area contributed by atoms with Gasteiger partial charge in [0.25, 0.3) is 0 Å². The van der Waals surface area contributed by atoms with Crippen LogP contribution in [0, 0.1) is 5.82 Å². The van der Waals surface area contributed by atoms with Crippen molar-refractivity contribution in [2.24, 2.45) is 0 Å². The number of fused-ring (bicyclic) bond motifs is 1. The smallest absolute Gasteiger partial charge is 0.224 e. The number of nitrogens with one attached hydrogen (secondary N) is 1. The summed E-state index contributed by atoms with van der Waals surface area (Å²) in [5, 5.41) is 2.99. The van der Waals surface area contributed by atoms with Gasteiger partial charge >= 0.3 is 0 Å². The third kappa shape index (κ3) is 5.60. The molecule has 1 aliphatic carbocycles. The Bertz CT molecular complexity index is 1340. The predicted octanol–water partition coefficient (Wildman–Crippen LogP) is 5.66. The molecule has 1 amide bonds. The van der Waals surface area contributed by atoms with Crippen molar-refractivity contribution in [3.63, 3.8) is 0 Å². The second-order valence-electron chi connectivity index (χ2n) is 8.89. The largest absolute Gasteiger partial charge is 0.378 e. The highest BCUT2D eigenvalue weighted by Gasteiger charge is 2.25. The Morgan fingerprint density at radius 1 is 1.00 bits per heavy atom. The lowest BCUT2D eigenvalue weighted by Crippen LogP contribution is -2.22. The van der Waals surface area contributed by atoms with Crippen LogP contribution >= 0.6 is 0 Å². The fraction of sp³-hybridized carbons (Fsp3) is 0.207. The van der Waals surface area contributed by atoms with Gasteiger partial charge < -0.3 is 10.2 Å². The second kappa shape index (κ2) is 10.4. The maximum Gasteiger partial charge on any atom is 0.224 e. The lowest BCUT2D eigenvalue weighted by molar-refractivity contribution is -0.120. The molecule has 4 nitrogen and oxygen atoms in total. The number of carbonyl (C=O) groups is 1. The van der Waals surface area contributed by atoms with Gasteiger partial charge in [0, 0.05) is 48.3 Å². The summed E-state index contributed by atoms with van der Waals surface area (Å²) in [6, 6.07) is 20.3. The summed E-state index contributed by atoms with van der Waals surface area (Å²) in [7, 11) is 2.94. The van der Waals surface area contributed by atoms with E-state index in [2.05, 4.69) is 5.32 Å². The minimum Gasteiger partial charge on any atom is -0.378 e. The Kier molecular flexibility index (Phi) is 7.31. The van der Waals surface area contributed by atoms with Crippen LogP contribution < -0.4 is 10.2 Å². The van der Waals surface area contributed by atoms with Gasteiger partial charge in [-0.2, -0.15) is 0 Å². The van der Waals surface area contributed by atoms with Crippen LogP contribution in [0.25, 0.3) is 17.2 Å². The van der Waals surface area contributed by atoms with Crippen molar-refractivity contribution in [3.8, 4) is 0 Å². The quantitative estimate of drug-likeness (QED) is 0.467. The Labute approximate surface area is 208 Å². The van der Waals surface area contributed by atoms with Gasteiger partial charge in [-0.15, -0.1) is 0 Å². The van der Waals surface area contributed by atoms with Crippen molar-refractivity contribution >= 4 is 39.6 Å². The molecule has 0 radical (unpaired) electrons. The molecule has 0 aromatic heterocycles. The van der Waals surface area contributed by atoms with Gasteiger partial charge in [-0.3, -0.25) is 9.00 Å². The van der Waals surface area contributed by atoms with Crippen LogP contribution in [0.2, 0.25) is 0 Å². The molecule has 0 saturated carbocycles. The van der Waals surface area contributed by atoms with Crippen LogP contribution in [0.5, 0.6) is 0 Å². The summed E-state index contributed by atoms with van der Waals surface area (Å²) < 4.78 is 25.9. The van der Waals surface area contributed by atoms with Crippen molar-refractivity contribution in [2.75, 3.05) is 25.3 Å². The van der Waals surface area contributed by atoms with Crippen molar-refractivity contribution in [3.05, 3.63) is 100 Å². The molecule has 0 fully saturated rings. The highest BCUT2D eigenvalue weighted by atomic mass is 32.2. The molecule has 0 spiro atoms. The number of benzene rings is 3. The molecular weight excluding hydrogens is 459 g/mol. The van der Waals surface area contributed by atoms with Crippen LogP contribution in [0.3, 0.4) is 0 Å². The molecule has 1 atom stereocenters. The summed E-state index contributed by atoms with van der Waals surface area (Å²) in [6.45, 7) is 2.41. The Hall–Kier alpha value is -3.51. The summed E-state index contributed by atoms with van der Waals surface area (Å²) in [6.07, 6.45) is 3.85. The summed E-state index contributed by atoms with van der Waals surface area (Å²) in [4.78, 5) is 15.7. The van der Waals surface area contributed by atoms with E-state index in [-0.39, 0.29) is 18.1 Å². The molecule has 1 unspecified atom stereocenters. The van der Waals surface area contributed by atoms with Crippen LogP contribution in [0.15, 0.2) is 77.2 Å². The van der Waals surface area contributed by atoms with Gasteiger partial charge in [0.2, 0.25) is 5.91 Å². The van der Waals surface area contributed by atoms with Gasteiger partial charge in [0.05, 0.1) is 6.42 Å². The molecule has 3 aromatic rings. The molecule has 180 valence electrons. The highest BCUT2D eigenvalue weighted by molar-refractivity contribution is 7.84. The SMILES string of the molecule is CC1=C(CC(=O)NCc2ccc(N(C)C)cc2)c2cc(F)ccc2/C1=C\c1ccc(S(C)=O)cc1. The van der Waals surface area contributed by atoms with E-state index in [4.69, 9.17) is 0 Å². The lowest BCUT2D eigenvalue weighted by Gasteiger charge is -2.13. The van der Waals surface area contributed by atoms with Crippen molar-refractivity contribution in [1.29, 1.82) is 0 Å². The summed E-state index contributed by atoms with van der Waals surface area (Å²) in [5.41, 5.74) is 7.49. The molecule has 4 rings (SSSR count). The number of anilines is 1. The first-order valence-electron chi connectivity index (χ1n) is 11.4. The number of nitrogens with zero attached hydrogens (tertiary/aromatic N) is 1. The Balaban J connectivity index is 1.56.